The fourth-order valence-corrected chi connectivity index (χ4v) is 3.28. The number of hydrogen-bond donors (Lipinski definition) is 1. The molecule has 138 valence electrons. The quantitative estimate of drug-likeness (QED) is 0.764. The molecule has 1 N–H and O–H groups in total. The van der Waals surface area contributed by atoms with Gasteiger partial charge in [0.25, 0.3) is 5.91 Å². The van der Waals surface area contributed by atoms with E-state index < -0.39 is 0 Å². The standard InChI is InChI=1S/C19H20N6O2/c1-13-16(3-2-7-20-13)27-18-17(21-9-10-22-18)14-5-11-25(12-6-14)19(26)15-4-8-23-24-15/h2-4,7-10,14H,5-6,11-12H2,1H3,(H,23,24). The van der Waals surface area contributed by atoms with Gasteiger partial charge in [-0.15, -0.1) is 0 Å². The Morgan fingerprint density at radius 1 is 1.11 bits per heavy atom. The summed E-state index contributed by atoms with van der Waals surface area (Å²) in [6.07, 6.45) is 8.24. The van der Waals surface area contributed by atoms with Crippen molar-refractivity contribution in [2.75, 3.05) is 13.1 Å². The Labute approximate surface area is 156 Å². The summed E-state index contributed by atoms with van der Waals surface area (Å²) in [5.41, 5.74) is 2.15. The molecule has 0 unspecified atom stereocenters. The van der Waals surface area contributed by atoms with Crippen LogP contribution < -0.4 is 4.74 Å². The summed E-state index contributed by atoms with van der Waals surface area (Å²) in [5.74, 6) is 1.35. The van der Waals surface area contributed by atoms with Crippen LogP contribution in [0, 0.1) is 6.92 Å². The summed E-state index contributed by atoms with van der Waals surface area (Å²) >= 11 is 0. The average Bonchev–Trinajstić information content (AvgIpc) is 3.25. The van der Waals surface area contributed by atoms with Gasteiger partial charge in [-0.25, -0.2) is 4.98 Å². The van der Waals surface area contributed by atoms with E-state index in [1.165, 1.54) is 0 Å². The number of aromatic nitrogens is 5. The molecule has 27 heavy (non-hydrogen) atoms. The van der Waals surface area contributed by atoms with Crippen LogP contribution in [0.3, 0.4) is 0 Å². The highest BCUT2D eigenvalue weighted by atomic mass is 16.5. The van der Waals surface area contributed by atoms with Crippen LogP contribution in [-0.4, -0.2) is 49.0 Å². The van der Waals surface area contributed by atoms with Crippen molar-refractivity contribution in [1.29, 1.82) is 0 Å². The molecule has 8 nitrogen and oxygen atoms in total. The zero-order valence-electron chi connectivity index (χ0n) is 15.0. The van der Waals surface area contributed by atoms with Crippen LogP contribution in [0.4, 0.5) is 0 Å². The molecular weight excluding hydrogens is 344 g/mol. The van der Waals surface area contributed by atoms with Crippen molar-refractivity contribution in [2.45, 2.75) is 25.7 Å². The van der Waals surface area contributed by atoms with Gasteiger partial charge in [-0.1, -0.05) is 0 Å². The Morgan fingerprint density at radius 2 is 1.93 bits per heavy atom. The Bertz CT molecular complexity index is 919. The lowest BCUT2D eigenvalue weighted by Crippen LogP contribution is -2.38. The number of rotatable bonds is 4. The second kappa shape index (κ2) is 7.53. The molecular formula is C19H20N6O2. The third-order valence-electron chi connectivity index (χ3n) is 4.76. The van der Waals surface area contributed by atoms with E-state index in [-0.39, 0.29) is 11.8 Å². The maximum atomic E-state index is 12.4. The van der Waals surface area contributed by atoms with Crippen molar-refractivity contribution in [1.82, 2.24) is 30.0 Å². The van der Waals surface area contributed by atoms with E-state index in [9.17, 15) is 4.79 Å². The first-order valence-electron chi connectivity index (χ1n) is 8.91. The summed E-state index contributed by atoms with van der Waals surface area (Å²) in [5, 5.41) is 6.58. The third-order valence-corrected chi connectivity index (χ3v) is 4.76. The van der Waals surface area contributed by atoms with Gasteiger partial charge in [0.1, 0.15) is 11.4 Å². The summed E-state index contributed by atoms with van der Waals surface area (Å²) < 4.78 is 6.00. The van der Waals surface area contributed by atoms with E-state index in [0.717, 1.165) is 24.2 Å². The number of ether oxygens (including phenoxy) is 1. The minimum atomic E-state index is -0.0208. The zero-order chi connectivity index (χ0) is 18.6. The summed E-state index contributed by atoms with van der Waals surface area (Å²) in [6, 6.07) is 5.39. The number of nitrogens with one attached hydrogen (secondary N) is 1. The van der Waals surface area contributed by atoms with E-state index in [2.05, 4.69) is 25.1 Å². The highest BCUT2D eigenvalue weighted by Crippen LogP contribution is 2.34. The lowest BCUT2D eigenvalue weighted by Gasteiger charge is -2.31. The molecule has 1 amide bonds. The van der Waals surface area contributed by atoms with Gasteiger partial charge < -0.3 is 9.64 Å². The van der Waals surface area contributed by atoms with Crippen LogP contribution >= 0.6 is 0 Å². The van der Waals surface area contributed by atoms with Gasteiger partial charge in [-0.3, -0.25) is 19.9 Å². The van der Waals surface area contributed by atoms with Crippen LogP contribution in [0.15, 0.2) is 43.0 Å². The lowest BCUT2D eigenvalue weighted by atomic mass is 9.93. The number of nitrogens with zero attached hydrogens (tertiary/aromatic N) is 5. The van der Waals surface area contributed by atoms with Crippen molar-refractivity contribution in [3.63, 3.8) is 0 Å². The molecule has 1 saturated heterocycles. The van der Waals surface area contributed by atoms with Gasteiger partial charge >= 0.3 is 0 Å². The molecule has 3 aromatic heterocycles. The number of amides is 1. The third kappa shape index (κ3) is 3.64. The number of piperidine rings is 1. The topological polar surface area (TPSA) is 96.9 Å². The van der Waals surface area contributed by atoms with Gasteiger partial charge in [-0.2, -0.15) is 5.10 Å². The molecule has 0 saturated carbocycles. The molecule has 1 aliphatic heterocycles. The first-order chi connectivity index (χ1) is 13.2. The van der Waals surface area contributed by atoms with Gasteiger partial charge in [0, 0.05) is 43.8 Å². The van der Waals surface area contributed by atoms with Gasteiger partial charge in [0.05, 0.1) is 5.69 Å². The van der Waals surface area contributed by atoms with E-state index in [4.69, 9.17) is 4.74 Å². The monoisotopic (exact) mass is 364 g/mol. The fourth-order valence-electron chi connectivity index (χ4n) is 3.28. The number of carbonyl (C=O) groups excluding carboxylic acids is 1. The summed E-state index contributed by atoms with van der Waals surface area (Å²) in [6.45, 7) is 3.21. The first kappa shape index (κ1) is 17.1. The molecule has 1 fully saturated rings. The fraction of sp³-hybridized carbons (Fsp3) is 0.316. The number of hydrogen-bond acceptors (Lipinski definition) is 6. The van der Waals surface area contributed by atoms with Gasteiger partial charge in [-0.05, 0) is 38.0 Å². The van der Waals surface area contributed by atoms with Crippen LogP contribution in [0.25, 0.3) is 0 Å². The zero-order valence-corrected chi connectivity index (χ0v) is 15.0. The number of aromatic amines is 1. The number of H-pyrrole nitrogens is 1. The molecule has 0 radical (unpaired) electrons. The molecule has 1 aliphatic rings. The van der Waals surface area contributed by atoms with Crippen molar-refractivity contribution < 1.29 is 9.53 Å². The van der Waals surface area contributed by atoms with Crippen molar-refractivity contribution in [3.8, 4) is 11.6 Å². The number of likely N-dealkylation sites (tertiary alicyclic amines) is 1. The smallest absolute Gasteiger partial charge is 0.271 e. The molecule has 0 bridgehead atoms. The van der Waals surface area contributed by atoms with E-state index in [1.807, 2.05) is 24.0 Å². The second-order valence-corrected chi connectivity index (χ2v) is 6.47. The molecule has 0 aromatic carbocycles. The molecule has 4 rings (SSSR count). The van der Waals surface area contributed by atoms with Gasteiger partial charge in [0.2, 0.25) is 5.88 Å². The van der Waals surface area contributed by atoms with Gasteiger partial charge in [0.15, 0.2) is 5.75 Å². The Morgan fingerprint density at radius 3 is 2.67 bits per heavy atom. The summed E-state index contributed by atoms with van der Waals surface area (Å²) in [7, 11) is 0. The van der Waals surface area contributed by atoms with Crippen molar-refractivity contribution in [2.24, 2.45) is 0 Å². The normalized spacial score (nSPS) is 14.9. The average molecular weight is 364 g/mol. The largest absolute Gasteiger partial charge is 0.435 e. The number of carbonyl (C=O) groups is 1. The van der Waals surface area contributed by atoms with Crippen LogP contribution in [0.2, 0.25) is 0 Å². The molecule has 4 heterocycles. The maximum absolute atomic E-state index is 12.4. The minimum absolute atomic E-state index is 0.0208. The number of aryl methyl sites for hydroxylation is 1. The molecule has 0 atom stereocenters. The second-order valence-electron chi connectivity index (χ2n) is 6.47. The number of pyridine rings is 1. The highest BCUT2D eigenvalue weighted by Gasteiger charge is 2.28. The Hall–Kier alpha value is -3.29. The molecule has 8 heteroatoms. The molecule has 3 aromatic rings. The van der Waals surface area contributed by atoms with Crippen molar-refractivity contribution in [3.05, 3.63) is 60.1 Å². The van der Waals surface area contributed by atoms with E-state index >= 15 is 0 Å². The SMILES string of the molecule is Cc1ncccc1Oc1nccnc1C1CCN(C(=O)c2ccn[nH]2)CC1. The van der Waals surface area contributed by atoms with Crippen molar-refractivity contribution >= 4 is 5.91 Å². The maximum Gasteiger partial charge on any atom is 0.271 e. The highest BCUT2D eigenvalue weighted by molar-refractivity contribution is 5.92. The van der Waals surface area contributed by atoms with E-state index in [0.29, 0.717) is 30.4 Å². The molecule has 0 spiro atoms. The predicted octanol–water partition coefficient (Wildman–Crippen LogP) is 2.72. The van der Waals surface area contributed by atoms with Crippen LogP contribution in [-0.2, 0) is 0 Å². The Kier molecular flexibility index (Phi) is 4.78. The minimum Gasteiger partial charge on any atom is -0.435 e. The molecule has 0 aliphatic carbocycles. The predicted molar refractivity (Wildman–Crippen MR) is 97.5 cm³/mol. The van der Waals surface area contributed by atoms with Crippen LogP contribution in [0.5, 0.6) is 11.6 Å². The lowest BCUT2D eigenvalue weighted by molar-refractivity contribution is 0.0705. The summed E-state index contributed by atoms with van der Waals surface area (Å²) in [4.78, 5) is 27.4. The Balaban J connectivity index is 1.47. The first-order valence-corrected chi connectivity index (χ1v) is 8.91. The van der Waals surface area contributed by atoms with E-state index in [1.54, 1.807) is 30.9 Å². The van der Waals surface area contributed by atoms with Crippen LogP contribution in [0.1, 0.15) is 40.6 Å².